The van der Waals surface area contributed by atoms with Crippen LogP contribution in [0.2, 0.25) is 0 Å². The number of fused-ring (bicyclic) bond motifs is 3. The van der Waals surface area contributed by atoms with Gasteiger partial charge in [0.1, 0.15) is 0 Å². The number of nitrogens with zero attached hydrogens (tertiary/aromatic N) is 1. The van der Waals surface area contributed by atoms with Gasteiger partial charge in [-0.15, -0.1) is 0 Å². The minimum atomic E-state index is -2.95. The lowest BCUT2D eigenvalue weighted by Crippen LogP contribution is -2.30. The van der Waals surface area contributed by atoms with Crippen molar-refractivity contribution < 1.29 is 31.6 Å². The van der Waals surface area contributed by atoms with Crippen molar-refractivity contribution in [1.29, 1.82) is 0 Å². The number of halogens is 1. The number of benzene rings is 1. The van der Waals surface area contributed by atoms with Gasteiger partial charge in [0.25, 0.3) is 0 Å². The third-order valence-electron chi connectivity index (χ3n) is 5.12. The van der Waals surface area contributed by atoms with E-state index < -0.39 is 48.3 Å². The van der Waals surface area contributed by atoms with Crippen molar-refractivity contribution in [3.8, 4) is 22.8 Å². The molecule has 3 rings (SSSR count). The van der Waals surface area contributed by atoms with Crippen LogP contribution < -0.4 is 14.9 Å². The molecule has 0 unspecified atom stereocenters. The Balaban J connectivity index is 0.00000481. The van der Waals surface area contributed by atoms with E-state index in [1.54, 1.807) is 7.11 Å². The number of pyridine rings is 1. The molecule has 1 aromatic carbocycles. The van der Waals surface area contributed by atoms with E-state index in [0.717, 1.165) is 17.7 Å². The van der Waals surface area contributed by atoms with Crippen molar-refractivity contribution in [1.82, 2.24) is 4.57 Å². The van der Waals surface area contributed by atoms with E-state index >= 15 is 4.39 Å². The van der Waals surface area contributed by atoms with Crippen LogP contribution in [0.4, 0.5) is 4.39 Å². The highest BCUT2D eigenvalue weighted by molar-refractivity contribution is 7.59. The highest BCUT2D eigenvalue weighted by Crippen LogP contribution is 2.43. The maximum absolute atomic E-state index is 15.6. The lowest BCUT2D eigenvalue weighted by Gasteiger charge is -2.34. The normalized spacial score (nSPS) is 18.2. The summed E-state index contributed by atoms with van der Waals surface area (Å²) in [6.07, 6.45) is 1.50. The first-order valence-corrected chi connectivity index (χ1v) is 9.51. The number of rotatable bonds is 8. The van der Waals surface area contributed by atoms with Crippen LogP contribution in [0, 0.1) is 11.7 Å². The van der Waals surface area contributed by atoms with E-state index in [1.165, 1.54) is 19.2 Å². The molecule has 1 aliphatic rings. The maximum atomic E-state index is 15.6. The molecule has 0 bridgehead atoms. The Morgan fingerprint density at radius 2 is 2.03 bits per heavy atom. The average molecular weight is 458 g/mol. The third kappa shape index (κ3) is 4.80. The van der Waals surface area contributed by atoms with Gasteiger partial charge in [-0.05, 0) is 37.0 Å². The molecule has 31 heavy (non-hydrogen) atoms. The smallest absolute Gasteiger partial charge is 0.228 e. The fraction of sp³-hybridized carbons (Fsp3) is 0.478. The minimum Gasteiger partial charge on any atom is -0.493 e. The first-order chi connectivity index (χ1) is 16.7. The summed E-state index contributed by atoms with van der Waals surface area (Å²) >= 11 is 0. The van der Waals surface area contributed by atoms with E-state index in [-0.39, 0.29) is 43.5 Å². The monoisotopic (exact) mass is 457 g/mol. The van der Waals surface area contributed by atoms with Gasteiger partial charge in [0.2, 0.25) is 5.43 Å². The quantitative estimate of drug-likeness (QED) is 0.440. The van der Waals surface area contributed by atoms with E-state index in [1.807, 2.05) is 0 Å². The van der Waals surface area contributed by atoms with Crippen molar-refractivity contribution in [2.75, 3.05) is 27.4 Å². The van der Waals surface area contributed by atoms with Gasteiger partial charge in [0.05, 0.1) is 25.0 Å². The predicted molar refractivity (Wildman–Crippen MR) is 123 cm³/mol. The Morgan fingerprint density at radius 3 is 2.65 bits per heavy atom. The molecule has 0 saturated heterocycles. The van der Waals surface area contributed by atoms with Gasteiger partial charge in [-0.3, -0.25) is 9.59 Å². The molecule has 1 atom stereocenters. The molecule has 0 aliphatic carbocycles. The van der Waals surface area contributed by atoms with Gasteiger partial charge in [0, 0.05) is 46.2 Å². The Labute approximate surface area is 197 Å². The third-order valence-corrected chi connectivity index (χ3v) is 5.12. The summed E-state index contributed by atoms with van der Waals surface area (Å²) in [6, 6.07) is 1.69. The van der Waals surface area contributed by atoms with E-state index in [2.05, 4.69) is 0 Å². The lowest BCUT2D eigenvalue weighted by molar-refractivity contribution is 0.101. The maximum Gasteiger partial charge on any atom is 0.228 e. The zero-order chi connectivity index (χ0) is 27.0. The van der Waals surface area contributed by atoms with Crippen molar-refractivity contribution in [2.45, 2.75) is 39.5 Å². The molecule has 0 fully saturated rings. The Bertz CT molecular complexity index is 1200. The standard InChI is InChI=1S/C23H28FNO5.H2S/c1-13(2)18-9-15-10-20(30-8-6-7-28-4)19(29-5)11-16(15)22-21(24)23(27)17(14(3)26)12-25(18)22;/h10-13,18H,6-9H2,1-5H3;1H2/t18-;/m0./s1/i1D3,2D3;. The summed E-state index contributed by atoms with van der Waals surface area (Å²) < 4.78 is 80.6. The summed E-state index contributed by atoms with van der Waals surface area (Å²) in [7, 11) is 2.94. The fourth-order valence-corrected chi connectivity index (χ4v) is 3.62. The van der Waals surface area contributed by atoms with Gasteiger partial charge in [0.15, 0.2) is 23.1 Å². The molecular formula is C23H30FNO5S. The van der Waals surface area contributed by atoms with Crippen LogP contribution in [0.1, 0.15) is 57.2 Å². The van der Waals surface area contributed by atoms with Gasteiger partial charge >= 0.3 is 0 Å². The lowest BCUT2D eigenvalue weighted by atomic mass is 9.86. The zero-order valence-electron chi connectivity index (χ0n) is 23.6. The molecule has 0 spiro atoms. The number of hydrogen-bond acceptors (Lipinski definition) is 5. The average Bonchev–Trinajstić information content (AvgIpc) is 2.76. The number of aromatic nitrogens is 1. The van der Waals surface area contributed by atoms with Crippen LogP contribution in [0.25, 0.3) is 11.3 Å². The molecule has 1 aromatic heterocycles. The summed E-state index contributed by atoms with van der Waals surface area (Å²) in [5, 5.41) is 0. The number of ketones is 1. The molecule has 0 amide bonds. The Kier molecular flexibility index (Phi) is 5.75. The summed E-state index contributed by atoms with van der Waals surface area (Å²) in [5.74, 6) is -3.38. The van der Waals surface area contributed by atoms with Crippen molar-refractivity contribution in [2.24, 2.45) is 5.92 Å². The molecular weight excluding hydrogens is 421 g/mol. The fourth-order valence-electron chi connectivity index (χ4n) is 3.62. The van der Waals surface area contributed by atoms with Crippen molar-refractivity contribution >= 4 is 19.3 Å². The first-order valence-electron chi connectivity index (χ1n) is 12.5. The van der Waals surface area contributed by atoms with Crippen LogP contribution >= 0.6 is 13.5 Å². The second-order valence-electron chi connectivity index (χ2n) is 7.10. The van der Waals surface area contributed by atoms with Crippen LogP contribution in [-0.4, -0.2) is 37.8 Å². The SMILES string of the molecule is S.[2H]C([2H])([2H])C([C@@H]1Cc2cc(OCCCOC)c(OC)cc2-c2c(F)c(=O)c(C(C)=O)cn21)C([2H])([2H])[2H]. The Hall–Kier alpha value is -2.32. The molecule has 1 aliphatic heterocycles. The van der Waals surface area contributed by atoms with Gasteiger partial charge in [-0.2, -0.15) is 13.5 Å². The molecule has 6 nitrogen and oxygen atoms in total. The summed E-state index contributed by atoms with van der Waals surface area (Å²) in [6.45, 7) is -4.10. The highest BCUT2D eigenvalue weighted by Gasteiger charge is 2.32. The second-order valence-corrected chi connectivity index (χ2v) is 7.10. The summed E-state index contributed by atoms with van der Waals surface area (Å²) in [4.78, 5) is 24.8. The molecule has 0 N–H and O–H groups in total. The number of carbonyl (C=O) groups is 1. The van der Waals surface area contributed by atoms with E-state index in [0.29, 0.717) is 24.3 Å². The number of hydrogen-bond donors (Lipinski definition) is 0. The van der Waals surface area contributed by atoms with Crippen LogP contribution in [-0.2, 0) is 11.2 Å². The van der Waals surface area contributed by atoms with Gasteiger partial charge < -0.3 is 18.8 Å². The Morgan fingerprint density at radius 1 is 1.29 bits per heavy atom. The molecule has 2 aromatic rings. The minimum absolute atomic E-state index is 0. The molecule has 0 radical (unpaired) electrons. The molecule has 8 heteroatoms. The molecule has 2 heterocycles. The van der Waals surface area contributed by atoms with Crippen molar-refractivity contribution in [3.63, 3.8) is 0 Å². The summed E-state index contributed by atoms with van der Waals surface area (Å²) in [5.41, 5.74) is -1.36. The van der Waals surface area contributed by atoms with Crippen LogP contribution in [0.3, 0.4) is 0 Å². The number of methoxy groups -OCH3 is 2. The van der Waals surface area contributed by atoms with E-state index in [9.17, 15) is 9.59 Å². The number of carbonyl (C=O) groups excluding carboxylic acids is 1. The predicted octanol–water partition coefficient (Wildman–Crippen LogP) is 4.15. The second kappa shape index (κ2) is 10.3. The molecule has 0 saturated carbocycles. The zero-order valence-corrected chi connectivity index (χ0v) is 18.6. The number of ether oxygens (including phenoxy) is 3. The van der Waals surface area contributed by atoms with Crippen LogP contribution in [0.5, 0.6) is 11.5 Å². The van der Waals surface area contributed by atoms with E-state index in [4.69, 9.17) is 22.4 Å². The largest absolute Gasteiger partial charge is 0.493 e. The highest BCUT2D eigenvalue weighted by atomic mass is 32.1. The van der Waals surface area contributed by atoms with Gasteiger partial charge in [-0.1, -0.05) is 13.7 Å². The van der Waals surface area contributed by atoms with Crippen molar-refractivity contribution in [3.05, 3.63) is 45.5 Å². The van der Waals surface area contributed by atoms with Gasteiger partial charge in [-0.25, -0.2) is 4.39 Å². The molecule has 170 valence electrons. The first kappa shape index (κ1) is 17.3. The topological polar surface area (TPSA) is 66.8 Å². The number of Topliss-reactive ketones (excluding diaryl/α,β-unsaturated/α-hetero) is 1. The van der Waals surface area contributed by atoms with Crippen LogP contribution in [0.15, 0.2) is 23.1 Å².